The molecule has 0 amide bonds. The van der Waals surface area contributed by atoms with E-state index in [0.717, 1.165) is 19.3 Å². The molecular formula is C14H20N4O2S. The van der Waals surface area contributed by atoms with Crippen LogP contribution in [-0.2, 0) is 10.0 Å². The van der Waals surface area contributed by atoms with Gasteiger partial charge in [-0.3, -0.25) is 4.40 Å². The predicted octanol–water partition coefficient (Wildman–Crippen LogP) is 1.84. The van der Waals surface area contributed by atoms with E-state index in [1.54, 1.807) is 29.8 Å². The second-order valence-electron chi connectivity index (χ2n) is 5.46. The number of aromatic nitrogens is 2. The van der Waals surface area contributed by atoms with Crippen LogP contribution in [0.3, 0.4) is 0 Å². The molecule has 2 atom stereocenters. The first kappa shape index (κ1) is 14.3. The maximum absolute atomic E-state index is 12.7. The Morgan fingerprint density at radius 1 is 1.43 bits per heavy atom. The summed E-state index contributed by atoms with van der Waals surface area (Å²) in [6.45, 7) is 2.12. The molecule has 6 nitrogen and oxygen atoms in total. The van der Waals surface area contributed by atoms with Gasteiger partial charge in [-0.2, -0.15) is 0 Å². The highest BCUT2D eigenvalue weighted by molar-refractivity contribution is 7.89. The second-order valence-corrected chi connectivity index (χ2v) is 7.09. The van der Waals surface area contributed by atoms with Crippen molar-refractivity contribution in [2.45, 2.75) is 37.3 Å². The lowest BCUT2D eigenvalue weighted by Crippen LogP contribution is -2.28. The Morgan fingerprint density at radius 2 is 2.24 bits per heavy atom. The summed E-state index contributed by atoms with van der Waals surface area (Å²) in [5, 5.41) is 3.05. The van der Waals surface area contributed by atoms with Crippen molar-refractivity contribution in [2.24, 2.45) is 5.92 Å². The van der Waals surface area contributed by atoms with Crippen LogP contribution < -0.4 is 10.0 Å². The molecule has 0 aliphatic heterocycles. The van der Waals surface area contributed by atoms with Gasteiger partial charge in [0.2, 0.25) is 0 Å². The molecule has 2 aromatic heterocycles. The molecule has 3 rings (SSSR count). The second kappa shape index (κ2) is 5.31. The normalized spacial score (nSPS) is 21.6. The van der Waals surface area contributed by atoms with Gasteiger partial charge in [-0.15, -0.1) is 0 Å². The summed E-state index contributed by atoms with van der Waals surface area (Å²) in [5.74, 6) is 0.850. The summed E-state index contributed by atoms with van der Waals surface area (Å²) in [6, 6.07) is 5.49. The first-order valence-electron chi connectivity index (χ1n) is 7.24. The number of imidazole rings is 1. The fraction of sp³-hybridized carbons (Fsp3) is 0.500. The highest BCUT2D eigenvalue weighted by Gasteiger charge is 2.40. The van der Waals surface area contributed by atoms with Gasteiger partial charge in [-0.25, -0.2) is 18.1 Å². The van der Waals surface area contributed by atoms with Gasteiger partial charge < -0.3 is 5.32 Å². The third-order valence-electron chi connectivity index (χ3n) is 3.87. The number of sulfonamides is 1. The van der Waals surface area contributed by atoms with Crippen molar-refractivity contribution in [3.63, 3.8) is 0 Å². The lowest BCUT2D eigenvalue weighted by molar-refractivity contribution is 0.569. The van der Waals surface area contributed by atoms with Crippen LogP contribution in [-0.4, -0.2) is 30.9 Å². The van der Waals surface area contributed by atoms with Crippen molar-refractivity contribution in [3.05, 3.63) is 24.4 Å². The Bertz CT molecular complexity index is 753. The lowest BCUT2D eigenvalue weighted by atomic mass is 10.2. The zero-order valence-corrected chi connectivity index (χ0v) is 13.0. The monoisotopic (exact) mass is 308 g/mol. The van der Waals surface area contributed by atoms with E-state index in [4.69, 9.17) is 0 Å². The predicted molar refractivity (Wildman–Crippen MR) is 81.9 cm³/mol. The van der Waals surface area contributed by atoms with E-state index in [1.165, 1.54) is 0 Å². The summed E-state index contributed by atoms with van der Waals surface area (Å²) < 4.78 is 29.8. The third-order valence-corrected chi connectivity index (χ3v) is 5.38. The van der Waals surface area contributed by atoms with Crippen molar-refractivity contribution in [1.29, 1.82) is 0 Å². The summed E-state index contributed by atoms with van der Waals surface area (Å²) in [7, 11) is -1.91. The van der Waals surface area contributed by atoms with Crippen LogP contribution in [0.1, 0.15) is 26.2 Å². The van der Waals surface area contributed by atoms with Crippen LogP contribution in [0.5, 0.6) is 0 Å². The number of pyridine rings is 1. The average Bonchev–Trinajstić information content (AvgIpc) is 3.04. The number of hydrogen-bond acceptors (Lipinski definition) is 4. The first-order valence-corrected chi connectivity index (χ1v) is 8.72. The summed E-state index contributed by atoms with van der Waals surface area (Å²) in [6.07, 6.45) is 4.80. The zero-order valence-electron chi connectivity index (χ0n) is 12.2. The molecular weight excluding hydrogens is 288 g/mol. The van der Waals surface area contributed by atoms with Crippen LogP contribution in [0.4, 0.5) is 5.82 Å². The Labute approximate surface area is 124 Å². The molecule has 7 heteroatoms. The standard InChI is InChI=1S/C14H20N4O2S/c1-3-6-10-9-11(10)17-21(19,20)14-13(15-2)16-12-7-4-5-8-18(12)14/h4-5,7-8,10-11,15,17H,3,6,9H2,1-2H3. The van der Waals surface area contributed by atoms with Gasteiger partial charge in [0.25, 0.3) is 10.0 Å². The van der Waals surface area contributed by atoms with Crippen molar-refractivity contribution in [1.82, 2.24) is 14.1 Å². The Morgan fingerprint density at radius 3 is 2.95 bits per heavy atom. The van der Waals surface area contributed by atoms with E-state index in [2.05, 4.69) is 21.9 Å². The minimum absolute atomic E-state index is 0.0638. The fourth-order valence-electron chi connectivity index (χ4n) is 2.73. The smallest absolute Gasteiger partial charge is 0.260 e. The van der Waals surface area contributed by atoms with E-state index in [-0.39, 0.29) is 11.1 Å². The number of hydrogen-bond donors (Lipinski definition) is 2. The maximum atomic E-state index is 12.7. The van der Waals surface area contributed by atoms with Gasteiger partial charge in [0.05, 0.1) is 0 Å². The van der Waals surface area contributed by atoms with Crippen molar-refractivity contribution in [2.75, 3.05) is 12.4 Å². The van der Waals surface area contributed by atoms with Crippen LogP contribution >= 0.6 is 0 Å². The molecule has 21 heavy (non-hydrogen) atoms. The molecule has 1 aliphatic carbocycles. The highest BCUT2D eigenvalue weighted by atomic mass is 32.2. The van der Waals surface area contributed by atoms with Gasteiger partial charge in [-0.05, 0) is 30.9 Å². The topological polar surface area (TPSA) is 75.5 Å². The SMILES string of the molecule is CCCC1CC1NS(=O)(=O)c1c(NC)nc2ccccn12. The Kier molecular flexibility index (Phi) is 3.62. The van der Waals surface area contributed by atoms with Gasteiger partial charge in [0.15, 0.2) is 10.8 Å². The molecule has 0 aromatic carbocycles. The molecule has 0 saturated heterocycles. The van der Waals surface area contributed by atoms with Crippen molar-refractivity contribution in [3.8, 4) is 0 Å². The molecule has 0 bridgehead atoms. The van der Waals surface area contributed by atoms with E-state index in [9.17, 15) is 8.42 Å². The number of nitrogens with zero attached hydrogens (tertiary/aromatic N) is 2. The van der Waals surface area contributed by atoms with Crippen LogP contribution in [0, 0.1) is 5.92 Å². The molecule has 1 aliphatic rings. The molecule has 1 saturated carbocycles. The average molecular weight is 308 g/mol. The molecule has 1 fully saturated rings. The minimum atomic E-state index is -3.59. The summed E-state index contributed by atoms with van der Waals surface area (Å²) >= 11 is 0. The summed E-state index contributed by atoms with van der Waals surface area (Å²) in [5.41, 5.74) is 0.614. The maximum Gasteiger partial charge on any atom is 0.260 e. The molecule has 0 radical (unpaired) electrons. The molecule has 2 heterocycles. The van der Waals surface area contributed by atoms with Gasteiger partial charge in [0, 0.05) is 19.3 Å². The van der Waals surface area contributed by atoms with Crippen LogP contribution in [0.25, 0.3) is 5.65 Å². The fourth-order valence-corrected chi connectivity index (χ4v) is 4.34. The molecule has 2 aromatic rings. The van der Waals surface area contributed by atoms with E-state index in [1.807, 2.05) is 6.07 Å². The number of rotatable bonds is 6. The van der Waals surface area contributed by atoms with Gasteiger partial charge in [-0.1, -0.05) is 19.4 Å². The van der Waals surface area contributed by atoms with Gasteiger partial charge >= 0.3 is 0 Å². The third kappa shape index (κ3) is 2.63. The Balaban J connectivity index is 1.95. The van der Waals surface area contributed by atoms with Crippen molar-refractivity contribution < 1.29 is 8.42 Å². The minimum Gasteiger partial charge on any atom is -0.371 e. The zero-order chi connectivity index (χ0) is 15.0. The van der Waals surface area contributed by atoms with E-state index < -0.39 is 10.0 Å². The molecule has 114 valence electrons. The van der Waals surface area contributed by atoms with Crippen LogP contribution in [0.2, 0.25) is 0 Å². The number of nitrogens with one attached hydrogen (secondary N) is 2. The van der Waals surface area contributed by atoms with Crippen LogP contribution in [0.15, 0.2) is 29.4 Å². The van der Waals surface area contributed by atoms with Gasteiger partial charge in [0.1, 0.15) is 5.65 Å². The highest BCUT2D eigenvalue weighted by Crippen LogP contribution is 2.36. The lowest BCUT2D eigenvalue weighted by Gasteiger charge is -2.08. The molecule has 2 N–H and O–H groups in total. The van der Waals surface area contributed by atoms with E-state index >= 15 is 0 Å². The molecule has 0 spiro atoms. The van der Waals surface area contributed by atoms with Crippen molar-refractivity contribution >= 4 is 21.5 Å². The number of fused-ring (bicyclic) bond motifs is 1. The number of anilines is 1. The first-order chi connectivity index (χ1) is 10.1. The molecule has 2 unspecified atom stereocenters. The van der Waals surface area contributed by atoms with E-state index in [0.29, 0.717) is 17.4 Å². The summed E-state index contributed by atoms with van der Waals surface area (Å²) in [4.78, 5) is 4.31. The quantitative estimate of drug-likeness (QED) is 0.854. The Hall–Kier alpha value is -1.60. The largest absolute Gasteiger partial charge is 0.371 e.